The van der Waals surface area contributed by atoms with Gasteiger partial charge in [-0.25, -0.2) is 0 Å². The van der Waals surface area contributed by atoms with Crippen molar-refractivity contribution in [2.75, 3.05) is 0 Å². The molecule has 0 radical (unpaired) electrons. The topological polar surface area (TPSA) is 68.3 Å². The van der Waals surface area contributed by atoms with Crippen LogP contribution in [0, 0.1) is 0 Å². The smallest absolute Gasteiger partial charge is 0.167 e. The first-order chi connectivity index (χ1) is 16.0. The van der Waals surface area contributed by atoms with E-state index in [1.165, 1.54) is 12.2 Å². The third-order valence-corrected chi connectivity index (χ3v) is 10.1. The van der Waals surface area contributed by atoms with Crippen molar-refractivity contribution >= 4 is 51.2 Å². The Balaban J connectivity index is 0.000000318. The summed E-state index contributed by atoms with van der Waals surface area (Å²) in [7, 11) is 0. The van der Waals surface area contributed by atoms with Crippen molar-refractivity contribution in [3.8, 4) is 0 Å². The Morgan fingerprint density at radius 3 is 1.15 bits per heavy atom. The molecule has 1 fully saturated rings. The van der Waals surface area contributed by atoms with Gasteiger partial charge in [0.25, 0.3) is 0 Å². The number of hydrogen-bond donors (Lipinski definition) is 0. The molecule has 3 aromatic carbocycles. The molecule has 3 aromatic rings. The summed E-state index contributed by atoms with van der Waals surface area (Å²) in [4.78, 5) is 45.4. The van der Waals surface area contributed by atoms with E-state index in [2.05, 4.69) is 36.4 Å². The van der Waals surface area contributed by atoms with Gasteiger partial charge in [0.05, 0.1) is 12.8 Å². The molecule has 0 heterocycles. The Bertz CT molecular complexity index is 1170. The molecule has 4 nitrogen and oxygen atoms in total. The summed E-state index contributed by atoms with van der Waals surface area (Å²) in [5, 5.41) is 4.15. The minimum absolute atomic E-state index is 0.0000995. The predicted molar refractivity (Wildman–Crippen MR) is 133 cm³/mol. The maximum absolute atomic E-state index is 12.9. The molecule has 5 heteroatoms. The summed E-state index contributed by atoms with van der Waals surface area (Å²) in [6.07, 6.45) is 2.99. The molecule has 0 aliphatic heterocycles. The van der Waals surface area contributed by atoms with Crippen LogP contribution in [0.5, 0.6) is 0 Å². The van der Waals surface area contributed by atoms with Crippen molar-refractivity contribution in [1.82, 2.24) is 0 Å². The van der Waals surface area contributed by atoms with Gasteiger partial charge in [-0.05, 0) is 35.0 Å². The van der Waals surface area contributed by atoms with Crippen LogP contribution >= 0.6 is 6.89 Å². The summed E-state index contributed by atoms with van der Waals surface area (Å²) in [5.41, 5.74) is 0. The number of benzene rings is 3. The molecule has 0 saturated heterocycles. The van der Waals surface area contributed by atoms with Gasteiger partial charge >= 0.3 is 0 Å². The summed E-state index contributed by atoms with van der Waals surface area (Å²) in [6, 6.07) is 30.6. The highest BCUT2D eigenvalue weighted by molar-refractivity contribution is 7.96. The number of carbonyl (C=O) groups excluding carboxylic acids is 4. The number of hydrogen-bond acceptors (Lipinski definition) is 4. The van der Waals surface area contributed by atoms with Crippen molar-refractivity contribution < 1.29 is 19.2 Å². The predicted octanol–water partition coefficient (Wildman–Crippen LogP) is 3.17. The van der Waals surface area contributed by atoms with E-state index < -0.39 is 6.89 Å². The Morgan fingerprint density at radius 2 is 0.879 bits per heavy atom. The molecule has 0 amide bonds. The van der Waals surface area contributed by atoms with Gasteiger partial charge in [-0.2, -0.15) is 0 Å². The Labute approximate surface area is 192 Å². The van der Waals surface area contributed by atoms with Crippen molar-refractivity contribution in [1.29, 1.82) is 0 Å². The van der Waals surface area contributed by atoms with E-state index in [1.54, 1.807) is 0 Å². The molecule has 0 bridgehead atoms. The monoisotopic (exact) mass is 454 g/mol. The molecule has 5 rings (SSSR count). The molecule has 33 heavy (non-hydrogen) atoms. The van der Waals surface area contributed by atoms with Crippen molar-refractivity contribution in [2.24, 2.45) is 0 Å². The highest BCUT2D eigenvalue weighted by Gasteiger charge is 2.37. The second kappa shape index (κ2) is 9.89. The van der Waals surface area contributed by atoms with E-state index in [0.29, 0.717) is 0 Å². The van der Waals surface area contributed by atoms with E-state index in [-0.39, 0.29) is 42.4 Å². The molecule has 1 saturated carbocycles. The van der Waals surface area contributed by atoms with Gasteiger partial charge in [0.2, 0.25) is 0 Å². The normalized spacial score (nSPS) is 15.6. The van der Waals surface area contributed by atoms with Crippen LogP contribution < -0.4 is 15.9 Å². The minimum atomic E-state index is -2.35. The average Bonchev–Trinajstić information content (AvgIpc) is 3.39. The lowest BCUT2D eigenvalue weighted by atomic mass is 10.3. The quantitative estimate of drug-likeness (QED) is 0.450. The number of rotatable bonds is 3. The molecular formula is C28H23O4P. The fraction of sp³-hybridized carbons (Fsp3) is 0.107. The standard InChI is InChI=1S/C23H19O2P.C5H4O2/c24-18-16-22(25)23(17-18)26(19-10-4-1-5-11-19,20-12-6-2-7-13-20)21-14-8-3-9-15-21;6-4-1-2-5(7)3-4/h1-15H,16-17H2;1-2H,3H2. The third-order valence-electron chi connectivity index (χ3n) is 5.68. The van der Waals surface area contributed by atoms with Crippen LogP contribution in [0.3, 0.4) is 0 Å². The number of ketones is 4. The maximum Gasteiger partial charge on any atom is 0.167 e. The van der Waals surface area contributed by atoms with Gasteiger partial charge < -0.3 is 0 Å². The molecule has 164 valence electrons. The zero-order chi connectivity index (χ0) is 23.3. The van der Waals surface area contributed by atoms with Crippen LogP contribution in [-0.4, -0.2) is 28.4 Å². The van der Waals surface area contributed by atoms with Crippen LogP contribution in [0.1, 0.15) is 19.3 Å². The molecule has 0 spiro atoms. The largest absolute Gasteiger partial charge is 0.299 e. The zero-order valence-corrected chi connectivity index (χ0v) is 18.9. The van der Waals surface area contributed by atoms with Crippen LogP contribution in [-0.2, 0) is 19.2 Å². The van der Waals surface area contributed by atoms with Gasteiger partial charge in [-0.3, -0.25) is 19.2 Å². The first-order valence-corrected chi connectivity index (χ1v) is 12.5. The number of carbonyl (C=O) groups is 4. The highest BCUT2D eigenvalue weighted by Crippen LogP contribution is 2.48. The summed E-state index contributed by atoms with van der Waals surface area (Å²) in [5.74, 6) is -0.132. The van der Waals surface area contributed by atoms with E-state index >= 15 is 0 Å². The Kier molecular flexibility index (Phi) is 6.76. The van der Waals surface area contributed by atoms with E-state index in [9.17, 15) is 19.2 Å². The SMILES string of the molecule is O=C1C=CC(=O)C1.O=C1CC(=O)C(=P(c2ccccc2)(c2ccccc2)c2ccccc2)C1. The van der Waals surface area contributed by atoms with Crippen LogP contribution in [0.4, 0.5) is 0 Å². The second-order valence-corrected chi connectivity index (χ2v) is 11.3. The summed E-state index contributed by atoms with van der Waals surface area (Å²) >= 11 is 0. The van der Waals surface area contributed by atoms with Gasteiger partial charge in [-0.15, -0.1) is 0 Å². The zero-order valence-electron chi connectivity index (χ0n) is 18.0. The first-order valence-electron chi connectivity index (χ1n) is 10.7. The fourth-order valence-corrected chi connectivity index (χ4v) is 8.83. The molecular weight excluding hydrogens is 431 g/mol. The van der Waals surface area contributed by atoms with E-state index in [1.807, 2.05) is 54.6 Å². The lowest BCUT2D eigenvalue weighted by molar-refractivity contribution is -0.122. The first kappa shape index (κ1) is 22.6. The summed E-state index contributed by atoms with van der Waals surface area (Å²) in [6.45, 7) is -2.35. The maximum atomic E-state index is 12.9. The summed E-state index contributed by atoms with van der Waals surface area (Å²) < 4.78 is 0. The van der Waals surface area contributed by atoms with E-state index in [4.69, 9.17) is 0 Å². The van der Waals surface area contributed by atoms with Crippen molar-refractivity contribution in [3.05, 3.63) is 103 Å². The fourth-order valence-electron chi connectivity index (χ4n) is 4.28. The molecule has 0 aromatic heterocycles. The van der Waals surface area contributed by atoms with Gasteiger partial charge in [0, 0.05) is 11.7 Å². The van der Waals surface area contributed by atoms with Gasteiger partial charge in [-0.1, -0.05) is 91.0 Å². The van der Waals surface area contributed by atoms with Crippen LogP contribution in [0.2, 0.25) is 0 Å². The van der Waals surface area contributed by atoms with Crippen LogP contribution in [0.15, 0.2) is 103 Å². The average molecular weight is 454 g/mol. The lowest BCUT2D eigenvalue weighted by Gasteiger charge is -2.31. The second-order valence-electron chi connectivity index (χ2n) is 7.88. The van der Waals surface area contributed by atoms with Gasteiger partial charge in [0.15, 0.2) is 17.3 Å². The lowest BCUT2D eigenvalue weighted by Crippen LogP contribution is -2.31. The minimum Gasteiger partial charge on any atom is -0.299 e. The van der Waals surface area contributed by atoms with Crippen molar-refractivity contribution in [3.63, 3.8) is 0 Å². The molecule has 0 atom stereocenters. The number of allylic oxidation sites excluding steroid dienone is 2. The van der Waals surface area contributed by atoms with E-state index in [0.717, 1.165) is 21.2 Å². The molecule has 2 aliphatic carbocycles. The third kappa shape index (κ3) is 4.62. The Morgan fingerprint density at radius 1 is 0.485 bits per heavy atom. The van der Waals surface area contributed by atoms with Gasteiger partial charge in [0.1, 0.15) is 5.78 Å². The van der Waals surface area contributed by atoms with Crippen molar-refractivity contribution in [2.45, 2.75) is 19.3 Å². The highest BCUT2D eigenvalue weighted by atomic mass is 31.2. The number of Topliss-reactive ketones (excluding diaryl/α,β-unsaturated/α-hetero) is 2. The molecule has 0 N–H and O–H groups in total. The Hall–Kier alpha value is -3.62. The molecule has 2 aliphatic rings. The van der Waals surface area contributed by atoms with Crippen LogP contribution in [0.25, 0.3) is 0 Å². The molecule has 0 unspecified atom stereocenters.